The van der Waals surface area contributed by atoms with Gasteiger partial charge < -0.3 is 15.2 Å². The molecule has 10 heteroatoms. The molecule has 0 saturated carbocycles. The summed E-state index contributed by atoms with van der Waals surface area (Å²) in [6.07, 6.45) is -0.116. The molecule has 0 spiro atoms. The Kier molecular flexibility index (Phi) is 7.57. The van der Waals surface area contributed by atoms with E-state index in [4.69, 9.17) is 9.84 Å². The first-order chi connectivity index (χ1) is 17.7. The van der Waals surface area contributed by atoms with Gasteiger partial charge in [0, 0.05) is 18.3 Å². The van der Waals surface area contributed by atoms with Gasteiger partial charge in [-0.3, -0.25) is 10.2 Å². The number of amides is 4. The van der Waals surface area contributed by atoms with Gasteiger partial charge in [-0.1, -0.05) is 42.8 Å². The number of pyridine rings is 1. The van der Waals surface area contributed by atoms with Gasteiger partial charge in [-0.05, 0) is 55.7 Å². The number of imide groups is 1. The van der Waals surface area contributed by atoms with E-state index in [2.05, 4.69) is 15.6 Å². The molecule has 1 aromatic heterocycles. The highest BCUT2D eigenvalue weighted by atomic mass is 16.5. The van der Waals surface area contributed by atoms with Crippen LogP contribution in [0.5, 0.6) is 11.6 Å². The minimum atomic E-state index is -1.14. The molecule has 192 valence electrons. The number of benzene rings is 2. The van der Waals surface area contributed by atoms with Gasteiger partial charge in [-0.15, -0.1) is 0 Å². The van der Waals surface area contributed by atoms with Crippen LogP contribution in [0.1, 0.15) is 40.5 Å². The molecule has 10 nitrogen and oxygen atoms in total. The molecule has 1 aliphatic heterocycles. The number of aromatic nitrogens is 1. The molecule has 3 aromatic rings. The monoisotopic (exact) mass is 503 g/mol. The Labute approximate surface area is 214 Å². The Morgan fingerprint density at radius 2 is 1.86 bits per heavy atom. The van der Waals surface area contributed by atoms with Crippen molar-refractivity contribution >= 4 is 23.7 Å². The molecule has 3 N–H and O–H groups in total. The van der Waals surface area contributed by atoms with Crippen LogP contribution in [0.25, 0.3) is 0 Å². The van der Waals surface area contributed by atoms with Crippen LogP contribution in [0, 0.1) is 13.8 Å². The molecule has 1 atom stereocenters. The standard InChI is InChI=1S/C27H29N5O5/c1-4-14-31-26(35)30-25(32(27(31)36)16-19-10-8-17(2)9-11-19)28-20-12-13-22(18(3)15-20)37-23-7-5-6-21(29-23)24(33)34/h5-13,15,25,28H,4,14,16H2,1-3H3,(H,30,35)(H,33,34). The quantitative estimate of drug-likeness (QED) is 0.378. The van der Waals surface area contributed by atoms with Crippen LogP contribution in [-0.4, -0.2) is 50.8 Å². The highest BCUT2D eigenvalue weighted by molar-refractivity contribution is 5.96. The third kappa shape index (κ3) is 5.97. The third-order valence-electron chi connectivity index (χ3n) is 5.85. The van der Waals surface area contributed by atoms with Crippen LogP contribution in [-0.2, 0) is 6.54 Å². The zero-order valence-corrected chi connectivity index (χ0v) is 20.9. The van der Waals surface area contributed by atoms with Gasteiger partial charge in [0.15, 0.2) is 12.0 Å². The number of anilines is 1. The molecule has 0 radical (unpaired) electrons. The number of carbonyl (C=O) groups excluding carboxylic acids is 2. The average Bonchev–Trinajstić information content (AvgIpc) is 2.87. The second kappa shape index (κ2) is 11.0. The Bertz CT molecular complexity index is 1310. The van der Waals surface area contributed by atoms with Crippen LogP contribution in [0.15, 0.2) is 60.7 Å². The lowest BCUT2D eigenvalue weighted by atomic mass is 10.1. The first kappa shape index (κ1) is 25.5. The molecule has 0 bridgehead atoms. The van der Waals surface area contributed by atoms with E-state index >= 15 is 0 Å². The number of aromatic carboxylic acids is 1. The Hall–Kier alpha value is -4.60. The first-order valence-corrected chi connectivity index (χ1v) is 11.9. The molecular formula is C27H29N5O5. The van der Waals surface area contributed by atoms with E-state index in [1.807, 2.05) is 51.1 Å². The van der Waals surface area contributed by atoms with E-state index in [1.165, 1.54) is 11.0 Å². The number of carbonyl (C=O) groups is 3. The molecule has 1 unspecified atom stereocenters. The van der Waals surface area contributed by atoms with E-state index < -0.39 is 18.3 Å². The molecule has 1 fully saturated rings. The van der Waals surface area contributed by atoms with Gasteiger partial charge in [-0.25, -0.2) is 24.3 Å². The summed E-state index contributed by atoms with van der Waals surface area (Å²) in [6.45, 7) is 6.37. The molecule has 4 amide bonds. The molecule has 1 saturated heterocycles. The summed E-state index contributed by atoms with van der Waals surface area (Å²) in [6, 6.07) is 16.9. The second-order valence-electron chi connectivity index (χ2n) is 8.79. The Morgan fingerprint density at radius 1 is 1.11 bits per heavy atom. The maximum absolute atomic E-state index is 13.3. The van der Waals surface area contributed by atoms with Gasteiger partial charge in [0.2, 0.25) is 5.88 Å². The van der Waals surface area contributed by atoms with Crippen LogP contribution >= 0.6 is 0 Å². The van der Waals surface area contributed by atoms with Crippen molar-refractivity contribution in [2.24, 2.45) is 0 Å². The zero-order chi connectivity index (χ0) is 26.5. The largest absolute Gasteiger partial charge is 0.477 e. The van der Waals surface area contributed by atoms with Crippen molar-refractivity contribution in [2.75, 3.05) is 11.9 Å². The number of carboxylic acid groups (broad SMARTS) is 1. The maximum Gasteiger partial charge on any atom is 0.354 e. The van der Waals surface area contributed by atoms with Crippen molar-refractivity contribution in [2.45, 2.75) is 40.0 Å². The fourth-order valence-corrected chi connectivity index (χ4v) is 3.92. The summed E-state index contributed by atoms with van der Waals surface area (Å²) in [5, 5.41) is 15.3. The van der Waals surface area contributed by atoms with Crippen molar-refractivity contribution < 1.29 is 24.2 Å². The number of hydrogen-bond donors (Lipinski definition) is 3. The van der Waals surface area contributed by atoms with Gasteiger partial charge in [0.1, 0.15) is 5.75 Å². The van der Waals surface area contributed by atoms with Crippen LogP contribution < -0.4 is 15.4 Å². The Morgan fingerprint density at radius 3 is 2.54 bits per heavy atom. The number of aryl methyl sites for hydroxylation is 2. The topological polar surface area (TPSA) is 124 Å². The molecule has 37 heavy (non-hydrogen) atoms. The van der Waals surface area contributed by atoms with Gasteiger partial charge in [-0.2, -0.15) is 0 Å². The summed E-state index contributed by atoms with van der Waals surface area (Å²) in [7, 11) is 0. The number of nitrogens with one attached hydrogen (secondary N) is 2. The number of ether oxygens (including phenoxy) is 1. The van der Waals surface area contributed by atoms with E-state index in [0.29, 0.717) is 30.9 Å². The lowest BCUT2D eigenvalue weighted by Crippen LogP contribution is -2.67. The summed E-state index contributed by atoms with van der Waals surface area (Å²) >= 11 is 0. The summed E-state index contributed by atoms with van der Waals surface area (Å²) in [4.78, 5) is 43.9. The van der Waals surface area contributed by atoms with Crippen LogP contribution in [0.3, 0.4) is 0 Å². The van der Waals surface area contributed by atoms with Crippen molar-refractivity contribution in [3.05, 3.63) is 83.0 Å². The third-order valence-corrected chi connectivity index (χ3v) is 5.85. The highest BCUT2D eigenvalue weighted by Crippen LogP contribution is 2.27. The molecule has 0 aliphatic carbocycles. The van der Waals surface area contributed by atoms with Crippen LogP contribution in [0.2, 0.25) is 0 Å². The van der Waals surface area contributed by atoms with E-state index in [0.717, 1.165) is 16.7 Å². The van der Waals surface area contributed by atoms with Crippen LogP contribution in [0.4, 0.5) is 15.3 Å². The van der Waals surface area contributed by atoms with Gasteiger partial charge >= 0.3 is 18.0 Å². The summed E-state index contributed by atoms with van der Waals surface area (Å²) < 4.78 is 5.79. The number of carboxylic acids is 1. The smallest absolute Gasteiger partial charge is 0.354 e. The van der Waals surface area contributed by atoms with E-state index in [9.17, 15) is 14.4 Å². The first-order valence-electron chi connectivity index (χ1n) is 11.9. The molecule has 2 heterocycles. The minimum Gasteiger partial charge on any atom is -0.477 e. The fraction of sp³-hybridized carbons (Fsp3) is 0.259. The Balaban J connectivity index is 1.54. The molecule has 4 rings (SSSR count). The van der Waals surface area contributed by atoms with E-state index in [1.54, 1.807) is 29.2 Å². The lowest BCUT2D eigenvalue weighted by Gasteiger charge is -2.41. The average molecular weight is 504 g/mol. The number of urea groups is 2. The minimum absolute atomic E-state index is 0.114. The molecule has 2 aromatic carbocycles. The second-order valence-corrected chi connectivity index (χ2v) is 8.79. The molecular weight excluding hydrogens is 474 g/mol. The highest BCUT2D eigenvalue weighted by Gasteiger charge is 2.38. The van der Waals surface area contributed by atoms with Gasteiger partial charge in [0.05, 0.1) is 6.54 Å². The maximum atomic E-state index is 13.3. The zero-order valence-electron chi connectivity index (χ0n) is 20.9. The van der Waals surface area contributed by atoms with E-state index in [-0.39, 0.29) is 17.6 Å². The summed E-state index contributed by atoms with van der Waals surface area (Å²) in [5.74, 6) is -0.484. The fourth-order valence-electron chi connectivity index (χ4n) is 3.92. The molecule has 1 aliphatic rings. The van der Waals surface area contributed by atoms with Crippen molar-refractivity contribution in [3.8, 4) is 11.6 Å². The van der Waals surface area contributed by atoms with Gasteiger partial charge in [0.25, 0.3) is 0 Å². The number of hydrogen-bond acceptors (Lipinski definition) is 6. The van der Waals surface area contributed by atoms with Crippen molar-refractivity contribution in [1.29, 1.82) is 0 Å². The number of nitrogens with zero attached hydrogens (tertiary/aromatic N) is 3. The SMILES string of the molecule is CCCN1C(=O)NC(Nc2ccc(Oc3cccc(C(=O)O)n3)c(C)c2)N(Cc2ccc(C)cc2)C1=O. The predicted octanol–water partition coefficient (Wildman–Crippen LogP) is 4.94. The van der Waals surface area contributed by atoms with Crippen molar-refractivity contribution in [1.82, 2.24) is 20.1 Å². The normalized spacial score (nSPS) is 15.4. The predicted molar refractivity (Wildman–Crippen MR) is 138 cm³/mol. The lowest BCUT2D eigenvalue weighted by molar-refractivity contribution is 0.0689. The number of rotatable bonds is 9. The van der Waals surface area contributed by atoms with Crippen molar-refractivity contribution in [3.63, 3.8) is 0 Å². The summed E-state index contributed by atoms with van der Waals surface area (Å²) in [5.41, 5.74) is 3.35.